The Labute approximate surface area is 146 Å². The molecule has 0 aliphatic carbocycles. The Hall–Kier alpha value is -2.76. The Kier molecular flexibility index (Phi) is 5.38. The molecule has 5 nitrogen and oxygen atoms in total. The van der Waals surface area contributed by atoms with Crippen LogP contribution in [-0.2, 0) is 13.0 Å². The molecule has 132 valence electrons. The zero-order valence-electron chi connectivity index (χ0n) is 14.1. The van der Waals surface area contributed by atoms with Crippen molar-refractivity contribution in [3.05, 3.63) is 59.4 Å². The van der Waals surface area contributed by atoms with Crippen molar-refractivity contribution in [2.24, 2.45) is 0 Å². The minimum absolute atomic E-state index is 0.123. The van der Waals surface area contributed by atoms with Crippen LogP contribution >= 0.6 is 0 Å². The first kappa shape index (κ1) is 17.1. The quantitative estimate of drug-likeness (QED) is 0.874. The maximum atomic E-state index is 12.9. The van der Waals surface area contributed by atoms with E-state index in [0.29, 0.717) is 31.8 Å². The molecule has 1 N–H and O–H groups in total. The second-order valence-corrected chi connectivity index (χ2v) is 5.81. The summed E-state index contributed by atoms with van der Waals surface area (Å²) in [5.74, 6) is 1.19. The zero-order chi connectivity index (χ0) is 17.6. The third-order valence-corrected chi connectivity index (χ3v) is 4.08. The van der Waals surface area contributed by atoms with Crippen molar-refractivity contribution in [2.75, 3.05) is 19.9 Å². The topological polar surface area (TPSA) is 50.8 Å². The van der Waals surface area contributed by atoms with Crippen LogP contribution in [0, 0.1) is 5.82 Å². The fourth-order valence-corrected chi connectivity index (χ4v) is 2.66. The molecule has 6 heteroatoms. The van der Waals surface area contributed by atoms with Gasteiger partial charge in [0.25, 0.3) is 0 Å². The van der Waals surface area contributed by atoms with Gasteiger partial charge < -0.3 is 19.7 Å². The normalized spacial score (nSPS) is 12.1. The van der Waals surface area contributed by atoms with E-state index >= 15 is 0 Å². The van der Waals surface area contributed by atoms with Gasteiger partial charge in [-0.05, 0) is 48.7 Å². The minimum Gasteiger partial charge on any atom is -0.454 e. The van der Waals surface area contributed by atoms with E-state index < -0.39 is 0 Å². The van der Waals surface area contributed by atoms with Gasteiger partial charge >= 0.3 is 6.03 Å². The molecular formula is C19H21FN2O3. The SMILES string of the molecule is CCN(Cc1ccc2c(c1)OCO2)C(=O)NCCc1ccc(F)cc1. The molecule has 0 unspecified atom stereocenters. The van der Waals surface area contributed by atoms with Gasteiger partial charge in [0, 0.05) is 19.6 Å². The van der Waals surface area contributed by atoms with Gasteiger partial charge in [-0.15, -0.1) is 0 Å². The first-order valence-corrected chi connectivity index (χ1v) is 8.31. The molecule has 0 saturated carbocycles. The van der Waals surface area contributed by atoms with Gasteiger partial charge in [-0.2, -0.15) is 0 Å². The van der Waals surface area contributed by atoms with Crippen LogP contribution in [0.25, 0.3) is 0 Å². The molecule has 0 bridgehead atoms. The average molecular weight is 344 g/mol. The predicted octanol–water partition coefficient (Wildman–Crippen LogP) is 3.33. The second-order valence-electron chi connectivity index (χ2n) is 5.81. The molecule has 0 fully saturated rings. The maximum Gasteiger partial charge on any atom is 0.317 e. The molecule has 0 atom stereocenters. The first-order chi connectivity index (χ1) is 12.2. The summed E-state index contributed by atoms with van der Waals surface area (Å²) in [6.45, 7) is 3.77. The van der Waals surface area contributed by atoms with Gasteiger partial charge in [0.15, 0.2) is 11.5 Å². The molecule has 2 amide bonds. The minimum atomic E-state index is -0.256. The van der Waals surface area contributed by atoms with Crippen LogP contribution in [0.3, 0.4) is 0 Å². The second kappa shape index (κ2) is 7.88. The third kappa shape index (κ3) is 4.41. The number of rotatable bonds is 6. The molecule has 1 aliphatic heterocycles. The zero-order valence-corrected chi connectivity index (χ0v) is 14.1. The van der Waals surface area contributed by atoms with E-state index in [9.17, 15) is 9.18 Å². The number of carbonyl (C=O) groups excluding carboxylic acids is 1. The average Bonchev–Trinajstić information content (AvgIpc) is 3.09. The molecule has 0 saturated heterocycles. The van der Waals surface area contributed by atoms with Crippen LogP contribution in [0.5, 0.6) is 11.5 Å². The fraction of sp³-hybridized carbons (Fsp3) is 0.316. The van der Waals surface area contributed by atoms with Crippen molar-refractivity contribution in [3.8, 4) is 11.5 Å². The molecule has 25 heavy (non-hydrogen) atoms. The number of nitrogens with zero attached hydrogens (tertiary/aromatic N) is 1. The molecule has 1 aliphatic rings. The summed E-state index contributed by atoms with van der Waals surface area (Å²) in [7, 11) is 0. The molecule has 2 aromatic carbocycles. The predicted molar refractivity (Wildman–Crippen MR) is 92.2 cm³/mol. The Morgan fingerprint density at radius 2 is 1.84 bits per heavy atom. The Morgan fingerprint density at radius 3 is 2.60 bits per heavy atom. The molecule has 1 heterocycles. The fourth-order valence-electron chi connectivity index (χ4n) is 2.66. The van der Waals surface area contributed by atoms with E-state index in [1.807, 2.05) is 25.1 Å². The summed E-state index contributed by atoms with van der Waals surface area (Å²) in [4.78, 5) is 14.1. The number of hydrogen-bond acceptors (Lipinski definition) is 3. The summed E-state index contributed by atoms with van der Waals surface area (Å²) in [6.07, 6.45) is 0.660. The third-order valence-electron chi connectivity index (χ3n) is 4.08. The number of hydrogen-bond donors (Lipinski definition) is 1. The van der Waals surface area contributed by atoms with Crippen LogP contribution in [0.1, 0.15) is 18.1 Å². The largest absolute Gasteiger partial charge is 0.454 e. The summed E-state index contributed by atoms with van der Waals surface area (Å²) in [5.41, 5.74) is 1.97. The summed E-state index contributed by atoms with van der Waals surface area (Å²) >= 11 is 0. The lowest BCUT2D eigenvalue weighted by Crippen LogP contribution is -2.40. The number of urea groups is 1. The highest BCUT2D eigenvalue weighted by atomic mass is 19.1. The van der Waals surface area contributed by atoms with Crippen LogP contribution in [0.4, 0.5) is 9.18 Å². The number of ether oxygens (including phenoxy) is 2. The van der Waals surface area contributed by atoms with Gasteiger partial charge in [-0.3, -0.25) is 0 Å². The molecule has 0 radical (unpaired) electrons. The van der Waals surface area contributed by atoms with Gasteiger partial charge in [-0.25, -0.2) is 9.18 Å². The standard InChI is InChI=1S/C19H21FN2O3/c1-2-22(12-15-5-8-17-18(11-15)25-13-24-17)19(23)21-10-9-14-3-6-16(20)7-4-14/h3-8,11H,2,9-10,12-13H2,1H3,(H,21,23). The van der Waals surface area contributed by atoms with E-state index in [1.165, 1.54) is 12.1 Å². The Morgan fingerprint density at radius 1 is 1.12 bits per heavy atom. The van der Waals surface area contributed by atoms with E-state index in [1.54, 1.807) is 17.0 Å². The van der Waals surface area contributed by atoms with Crippen LogP contribution in [-0.4, -0.2) is 30.8 Å². The number of amides is 2. The van der Waals surface area contributed by atoms with Gasteiger partial charge in [0.2, 0.25) is 6.79 Å². The highest BCUT2D eigenvalue weighted by Crippen LogP contribution is 2.32. The van der Waals surface area contributed by atoms with E-state index in [0.717, 1.165) is 16.9 Å². The number of halogens is 1. The maximum absolute atomic E-state index is 12.9. The van der Waals surface area contributed by atoms with Gasteiger partial charge in [0.05, 0.1) is 0 Å². The van der Waals surface area contributed by atoms with E-state index in [4.69, 9.17) is 9.47 Å². The van der Waals surface area contributed by atoms with Crippen molar-refractivity contribution >= 4 is 6.03 Å². The number of nitrogens with one attached hydrogen (secondary N) is 1. The van der Waals surface area contributed by atoms with Crippen LogP contribution in [0.2, 0.25) is 0 Å². The van der Waals surface area contributed by atoms with Gasteiger partial charge in [0.1, 0.15) is 5.82 Å². The number of carbonyl (C=O) groups is 1. The van der Waals surface area contributed by atoms with Crippen LogP contribution in [0.15, 0.2) is 42.5 Å². The Bertz CT molecular complexity index is 734. The molecule has 0 aromatic heterocycles. The summed E-state index contributed by atoms with van der Waals surface area (Å²) in [5, 5.41) is 2.91. The molecule has 2 aromatic rings. The van der Waals surface area contributed by atoms with E-state index in [-0.39, 0.29) is 18.6 Å². The lowest BCUT2D eigenvalue weighted by molar-refractivity contribution is 0.173. The molecular weight excluding hydrogens is 323 g/mol. The summed E-state index contributed by atoms with van der Waals surface area (Å²) in [6, 6.07) is 11.9. The lowest BCUT2D eigenvalue weighted by atomic mass is 10.1. The number of benzene rings is 2. The van der Waals surface area contributed by atoms with Crippen molar-refractivity contribution in [2.45, 2.75) is 19.9 Å². The van der Waals surface area contributed by atoms with E-state index in [2.05, 4.69) is 5.32 Å². The van der Waals surface area contributed by atoms with Crippen LogP contribution < -0.4 is 14.8 Å². The first-order valence-electron chi connectivity index (χ1n) is 8.31. The molecule has 0 spiro atoms. The van der Waals surface area contributed by atoms with Crippen molar-refractivity contribution in [1.82, 2.24) is 10.2 Å². The summed E-state index contributed by atoms with van der Waals surface area (Å²) < 4.78 is 23.6. The monoisotopic (exact) mass is 344 g/mol. The number of fused-ring (bicyclic) bond motifs is 1. The highest BCUT2D eigenvalue weighted by molar-refractivity contribution is 5.74. The molecule has 3 rings (SSSR count). The Balaban J connectivity index is 1.51. The van der Waals surface area contributed by atoms with Crippen molar-refractivity contribution in [3.63, 3.8) is 0 Å². The van der Waals surface area contributed by atoms with Crippen molar-refractivity contribution < 1.29 is 18.7 Å². The smallest absolute Gasteiger partial charge is 0.317 e. The van der Waals surface area contributed by atoms with Crippen molar-refractivity contribution in [1.29, 1.82) is 0 Å². The highest BCUT2D eigenvalue weighted by Gasteiger charge is 2.16. The lowest BCUT2D eigenvalue weighted by Gasteiger charge is -2.21. The van der Waals surface area contributed by atoms with Gasteiger partial charge in [-0.1, -0.05) is 18.2 Å².